The number of carbonyl (C=O) groups excluding carboxylic acids is 1. The van der Waals surface area contributed by atoms with Gasteiger partial charge in [0.15, 0.2) is 0 Å². The molecule has 116 valence electrons. The number of aromatic nitrogens is 5. The molecule has 0 atom stereocenters. The Morgan fingerprint density at radius 3 is 2.77 bits per heavy atom. The van der Waals surface area contributed by atoms with Crippen LogP contribution in [-0.2, 0) is 11.3 Å². The van der Waals surface area contributed by atoms with E-state index in [2.05, 4.69) is 38.4 Å². The number of anilines is 1. The van der Waals surface area contributed by atoms with Gasteiger partial charge in [-0.05, 0) is 29.0 Å². The number of piperazine rings is 1. The number of hydrogen-bond acceptors (Lipinski definition) is 6. The highest BCUT2D eigenvalue weighted by Gasteiger charge is 2.22. The molecule has 1 aliphatic heterocycles. The van der Waals surface area contributed by atoms with E-state index in [0.717, 1.165) is 32.0 Å². The zero-order valence-corrected chi connectivity index (χ0v) is 12.6. The van der Waals surface area contributed by atoms with Gasteiger partial charge in [-0.2, -0.15) is 0 Å². The van der Waals surface area contributed by atoms with Crippen LogP contribution >= 0.6 is 0 Å². The van der Waals surface area contributed by atoms with Crippen LogP contribution in [-0.4, -0.2) is 62.2 Å². The first-order chi connectivity index (χ1) is 10.7. The van der Waals surface area contributed by atoms with Crippen LogP contribution < -0.4 is 4.90 Å². The summed E-state index contributed by atoms with van der Waals surface area (Å²) in [5.41, 5.74) is 1.17. The minimum Gasteiger partial charge on any atom is -0.353 e. The lowest BCUT2D eigenvalue weighted by Crippen LogP contribution is -2.49. The summed E-state index contributed by atoms with van der Waals surface area (Å²) in [6, 6.07) is 4.00. The average molecular weight is 301 g/mol. The van der Waals surface area contributed by atoms with E-state index in [9.17, 15) is 4.79 Å². The van der Waals surface area contributed by atoms with E-state index in [4.69, 9.17) is 0 Å². The highest BCUT2D eigenvalue weighted by atomic mass is 16.2. The van der Waals surface area contributed by atoms with Crippen molar-refractivity contribution < 1.29 is 4.79 Å². The van der Waals surface area contributed by atoms with Crippen LogP contribution in [0, 0.1) is 6.92 Å². The molecule has 22 heavy (non-hydrogen) atoms. The van der Waals surface area contributed by atoms with Gasteiger partial charge in [0.1, 0.15) is 12.1 Å². The quantitative estimate of drug-likeness (QED) is 0.798. The second-order valence-electron chi connectivity index (χ2n) is 5.33. The zero-order chi connectivity index (χ0) is 15.4. The molecule has 8 nitrogen and oxygen atoms in total. The molecule has 3 rings (SSSR count). The van der Waals surface area contributed by atoms with Gasteiger partial charge < -0.3 is 9.80 Å². The van der Waals surface area contributed by atoms with Gasteiger partial charge >= 0.3 is 0 Å². The monoisotopic (exact) mass is 301 g/mol. The van der Waals surface area contributed by atoms with Gasteiger partial charge in [-0.25, -0.2) is 9.67 Å². The molecule has 8 heteroatoms. The molecule has 0 spiro atoms. The van der Waals surface area contributed by atoms with E-state index < -0.39 is 0 Å². The van der Waals surface area contributed by atoms with E-state index in [-0.39, 0.29) is 5.91 Å². The predicted octanol–water partition coefficient (Wildman–Crippen LogP) is 0.115. The van der Waals surface area contributed by atoms with E-state index in [1.165, 1.54) is 11.9 Å². The summed E-state index contributed by atoms with van der Waals surface area (Å²) in [6.07, 6.45) is 3.76. The van der Waals surface area contributed by atoms with Gasteiger partial charge in [-0.1, -0.05) is 6.07 Å². The van der Waals surface area contributed by atoms with Crippen molar-refractivity contribution in [2.45, 2.75) is 19.9 Å². The number of aryl methyl sites for hydroxylation is 2. The largest absolute Gasteiger partial charge is 0.353 e. The molecule has 1 aliphatic rings. The minimum atomic E-state index is 0.146. The van der Waals surface area contributed by atoms with Crippen LogP contribution in [0.5, 0.6) is 0 Å². The predicted molar refractivity (Wildman–Crippen MR) is 80.2 cm³/mol. The van der Waals surface area contributed by atoms with E-state index in [1.807, 2.05) is 17.2 Å². The maximum absolute atomic E-state index is 12.2. The standard InChI is InChI=1S/C14H19N7O/c1-12-3-2-5-15-14(12)20-9-7-19(8-10-20)13(22)4-6-21-11-16-17-18-21/h2-3,5,11H,4,6-10H2,1H3. The molecular formula is C14H19N7O. The Morgan fingerprint density at radius 1 is 1.27 bits per heavy atom. The summed E-state index contributed by atoms with van der Waals surface area (Å²) in [5.74, 6) is 1.16. The average Bonchev–Trinajstić information content (AvgIpc) is 3.07. The Bertz CT molecular complexity index is 620. The third-order valence-corrected chi connectivity index (χ3v) is 3.86. The van der Waals surface area contributed by atoms with Crippen LogP contribution in [0.2, 0.25) is 0 Å². The normalized spacial score (nSPS) is 15.1. The third-order valence-electron chi connectivity index (χ3n) is 3.86. The van der Waals surface area contributed by atoms with Crippen LogP contribution in [0.15, 0.2) is 24.7 Å². The van der Waals surface area contributed by atoms with Crippen LogP contribution in [0.25, 0.3) is 0 Å². The molecule has 1 saturated heterocycles. The highest BCUT2D eigenvalue weighted by molar-refractivity contribution is 5.76. The van der Waals surface area contributed by atoms with Crippen LogP contribution in [0.1, 0.15) is 12.0 Å². The minimum absolute atomic E-state index is 0.146. The summed E-state index contributed by atoms with van der Waals surface area (Å²) in [4.78, 5) is 20.8. The molecule has 2 aromatic rings. The molecule has 0 aliphatic carbocycles. The Kier molecular flexibility index (Phi) is 4.27. The second-order valence-corrected chi connectivity index (χ2v) is 5.33. The fourth-order valence-corrected chi connectivity index (χ4v) is 2.63. The summed E-state index contributed by atoms with van der Waals surface area (Å²) in [6.45, 7) is 5.66. The van der Waals surface area contributed by atoms with Gasteiger partial charge in [-0.15, -0.1) is 5.10 Å². The van der Waals surface area contributed by atoms with Crippen molar-refractivity contribution in [2.75, 3.05) is 31.1 Å². The van der Waals surface area contributed by atoms with Gasteiger partial charge in [0, 0.05) is 38.8 Å². The lowest BCUT2D eigenvalue weighted by molar-refractivity contribution is -0.131. The highest BCUT2D eigenvalue weighted by Crippen LogP contribution is 2.17. The molecule has 0 radical (unpaired) electrons. The van der Waals surface area contributed by atoms with Crippen molar-refractivity contribution >= 4 is 11.7 Å². The number of carbonyl (C=O) groups is 1. The lowest BCUT2D eigenvalue weighted by Gasteiger charge is -2.36. The number of nitrogens with zero attached hydrogens (tertiary/aromatic N) is 7. The molecule has 1 amide bonds. The number of pyridine rings is 1. The van der Waals surface area contributed by atoms with Gasteiger partial charge in [-0.3, -0.25) is 4.79 Å². The molecule has 1 fully saturated rings. The molecule has 0 bridgehead atoms. The Balaban J connectivity index is 1.51. The number of rotatable bonds is 4. The zero-order valence-electron chi connectivity index (χ0n) is 12.6. The van der Waals surface area contributed by atoms with Crippen molar-refractivity contribution in [3.05, 3.63) is 30.2 Å². The van der Waals surface area contributed by atoms with Gasteiger partial charge in [0.25, 0.3) is 0 Å². The molecule has 2 aromatic heterocycles. The topological polar surface area (TPSA) is 80.0 Å². The van der Waals surface area contributed by atoms with Gasteiger partial charge in [0.05, 0.1) is 6.54 Å². The number of tetrazole rings is 1. The first-order valence-electron chi connectivity index (χ1n) is 7.39. The Labute approximate surface area is 128 Å². The van der Waals surface area contributed by atoms with Crippen molar-refractivity contribution in [1.82, 2.24) is 30.1 Å². The van der Waals surface area contributed by atoms with E-state index >= 15 is 0 Å². The van der Waals surface area contributed by atoms with Crippen molar-refractivity contribution in [3.63, 3.8) is 0 Å². The van der Waals surface area contributed by atoms with Gasteiger partial charge in [0.2, 0.25) is 5.91 Å². The maximum Gasteiger partial charge on any atom is 0.224 e. The molecule has 0 saturated carbocycles. The van der Waals surface area contributed by atoms with Crippen molar-refractivity contribution in [1.29, 1.82) is 0 Å². The van der Waals surface area contributed by atoms with Crippen LogP contribution in [0.3, 0.4) is 0 Å². The fourth-order valence-electron chi connectivity index (χ4n) is 2.63. The smallest absolute Gasteiger partial charge is 0.224 e. The summed E-state index contributed by atoms with van der Waals surface area (Å²) in [7, 11) is 0. The first kappa shape index (κ1) is 14.4. The number of hydrogen-bond donors (Lipinski definition) is 0. The number of amides is 1. The SMILES string of the molecule is Cc1cccnc1N1CCN(C(=O)CCn2cnnn2)CC1. The summed E-state index contributed by atoms with van der Waals surface area (Å²) >= 11 is 0. The maximum atomic E-state index is 12.2. The Hall–Kier alpha value is -2.51. The molecule has 3 heterocycles. The summed E-state index contributed by atoms with van der Waals surface area (Å²) in [5, 5.41) is 10.9. The summed E-state index contributed by atoms with van der Waals surface area (Å²) < 4.78 is 1.57. The van der Waals surface area contributed by atoms with E-state index in [1.54, 1.807) is 4.68 Å². The Morgan fingerprint density at radius 2 is 2.09 bits per heavy atom. The van der Waals surface area contributed by atoms with Crippen molar-refractivity contribution in [3.8, 4) is 0 Å². The lowest BCUT2D eigenvalue weighted by atomic mass is 10.2. The molecular weight excluding hydrogens is 282 g/mol. The first-order valence-corrected chi connectivity index (χ1v) is 7.39. The fraction of sp³-hybridized carbons (Fsp3) is 0.500. The second kappa shape index (κ2) is 6.50. The molecule has 0 N–H and O–H groups in total. The molecule has 0 unspecified atom stereocenters. The third kappa shape index (κ3) is 3.21. The van der Waals surface area contributed by atoms with Crippen LogP contribution in [0.4, 0.5) is 5.82 Å². The van der Waals surface area contributed by atoms with E-state index in [0.29, 0.717) is 13.0 Å². The molecule has 0 aromatic carbocycles. The van der Waals surface area contributed by atoms with Crippen molar-refractivity contribution in [2.24, 2.45) is 0 Å².